The molecule has 1 fully saturated rings. The molecule has 2 aromatic carbocycles. The molecule has 3 amide bonds. The Labute approximate surface area is 191 Å². The normalized spacial score (nSPS) is 16.2. The van der Waals surface area contributed by atoms with Crippen molar-refractivity contribution in [3.05, 3.63) is 65.7 Å². The fraction of sp³-hybridized carbons (Fsp3) is 0.375. The summed E-state index contributed by atoms with van der Waals surface area (Å²) in [5.41, 5.74) is 0.878. The van der Waals surface area contributed by atoms with Crippen LogP contribution in [0, 0.1) is 11.6 Å². The first-order valence-electron chi connectivity index (χ1n) is 10.8. The van der Waals surface area contributed by atoms with Gasteiger partial charge < -0.3 is 15.4 Å². The molecule has 33 heavy (non-hydrogen) atoms. The summed E-state index contributed by atoms with van der Waals surface area (Å²) in [4.78, 5) is 39.4. The number of benzene rings is 2. The number of hydrogen-bond acceptors (Lipinski definition) is 5. The lowest BCUT2D eigenvalue weighted by molar-refractivity contribution is -0.147. The van der Waals surface area contributed by atoms with Gasteiger partial charge in [0.05, 0.1) is 25.6 Å². The monoisotopic (exact) mass is 459 g/mol. The topological polar surface area (TPSA) is 87.7 Å². The number of carbonyl (C=O) groups excluding carboxylic acids is 3. The first-order chi connectivity index (χ1) is 15.8. The van der Waals surface area contributed by atoms with Gasteiger partial charge in [-0.2, -0.15) is 0 Å². The zero-order chi connectivity index (χ0) is 23.8. The number of nitrogens with one attached hydrogen (secondary N) is 2. The standard InChI is InChI=1S/C24H27F2N3O4/c1-16(28-22(30)12-17-10-18(25)13-19(26)11-17)24(32)29(15-21-8-5-9-33-21)23(31)14-27-20-6-3-2-4-7-20/h2-4,6-7,10-11,13,16,21,27H,5,8-9,12,14-15H2,1H3,(H,28,30)/t16-,21?/m0/s1. The van der Waals surface area contributed by atoms with Gasteiger partial charge in [0.1, 0.15) is 17.7 Å². The molecule has 1 saturated heterocycles. The highest BCUT2D eigenvalue weighted by atomic mass is 19.1. The minimum atomic E-state index is -1.02. The van der Waals surface area contributed by atoms with E-state index in [0.29, 0.717) is 12.7 Å². The molecule has 9 heteroatoms. The molecule has 1 heterocycles. The second-order valence-electron chi connectivity index (χ2n) is 7.94. The number of anilines is 1. The molecule has 1 unspecified atom stereocenters. The van der Waals surface area contributed by atoms with Crippen LogP contribution in [-0.2, 0) is 25.5 Å². The van der Waals surface area contributed by atoms with Gasteiger partial charge in [0.2, 0.25) is 11.8 Å². The smallest absolute Gasteiger partial charge is 0.251 e. The van der Waals surface area contributed by atoms with Crippen LogP contribution in [0.15, 0.2) is 48.5 Å². The SMILES string of the molecule is C[C@H](NC(=O)Cc1cc(F)cc(F)c1)C(=O)N(CC1CCCO1)C(=O)CNc1ccccc1. The zero-order valence-corrected chi connectivity index (χ0v) is 18.4. The van der Waals surface area contributed by atoms with Crippen LogP contribution in [0.4, 0.5) is 14.5 Å². The van der Waals surface area contributed by atoms with E-state index >= 15 is 0 Å². The number of carbonyl (C=O) groups is 3. The molecule has 1 aliphatic heterocycles. The fourth-order valence-electron chi connectivity index (χ4n) is 3.62. The third-order valence-electron chi connectivity index (χ3n) is 5.23. The number of imide groups is 1. The van der Waals surface area contributed by atoms with Crippen LogP contribution in [0.1, 0.15) is 25.3 Å². The maximum absolute atomic E-state index is 13.4. The average molecular weight is 459 g/mol. The summed E-state index contributed by atoms with van der Waals surface area (Å²) in [5, 5.41) is 5.50. The van der Waals surface area contributed by atoms with Crippen LogP contribution < -0.4 is 10.6 Å². The van der Waals surface area contributed by atoms with Crippen molar-refractivity contribution in [3.8, 4) is 0 Å². The maximum Gasteiger partial charge on any atom is 0.251 e. The Hall–Kier alpha value is -3.33. The van der Waals surface area contributed by atoms with E-state index in [2.05, 4.69) is 10.6 Å². The summed E-state index contributed by atoms with van der Waals surface area (Å²) in [5.74, 6) is -3.20. The summed E-state index contributed by atoms with van der Waals surface area (Å²) in [6, 6.07) is 10.9. The van der Waals surface area contributed by atoms with E-state index in [9.17, 15) is 23.2 Å². The van der Waals surface area contributed by atoms with Gasteiger partial charge >= 0.3 is 0 Å². The van der Waals surface area contributed by atoms with Crippen molar-refractivity contribution in [2.45, 2.75) is 38.3 Å². The molecule has 0 bridgehead atoms. The van der Waals surface area contributed by atoms with Crippen LogP contribution in [0.5, 0.6) is 0 Å². The Balaban J connectivity index is 1.63. The number of halogens is 2. The van der Waals surface area contributed by atoms with Crippen LogP contribution in [0.25, 0.3) is 0 Å². The molecule has 2 atom stereocenters. The van der Waals surface area contributed by atoms with Gasteiger partial charge in [-0.1, -0.05) is 18.2 Å². The quantitative estimate of drug-likeness (QED) is 0.602. The number of hydrogen-bond donors (Lipinski definition) is 2. The van der Waals surface area contributed by atoms with Gasteiger partial charge in [-0.05, 0) is 49.6 Å². The van der Waals surface area contributed by atoms with E-state index in [-0.39, 0.29) is 31.2 Å². The van der Waals surface area contributed by atoms with Crippen molar-refractivity contribution in [3.63, 3.8) is 0 Å². The number of rotatable bonds is 9. The molecule has 176 valence electrons. The number of amides is 3. The highest BCUT2D eigenvalue weighted by Gasteiger charge is 2.30. The average Bonchev–Trinajstić information content (AvgIpc) is 3.28. The highest BCUT2D eigenvalue weighted by molar-refractivity contribution is 6.00. The first-order valence-corrected chi connectivity index (χ1v) is 10.8. The molecule has 0 spiro atoms. The van der Waals surface area contributed by atoms with Gasteiger partial charge in [-0.15, -0.1) is 0 Å². The molecule has 3 rings (SSSR count). The van der Waals surface area contributed by atoms with Crippen LogP contribution in [-0.4, -0.2) is 54.5 Å². The lowest BCUT2D eigenvalue weighted by Gasteiger charge is -2.27. The van der Waals surface area contributed by atoms with Crippen molar-refractivity contribution in [1.29, 1.82) is 0 Å². The molecule has 2 aromatic rings. The van der Waals surface area contributed by atoms with Crippen LogP contribution in [0.2, 0.25) is 0 Å². The summed E-state index contributed by atoms with van der Waals surface area (Å²) in [6.07, 6.45) is 1.02. The summed E-state index contributed by atoms with van der Waals surface area (Å²) >= 11 is 0. The van der Waals surface area contributed by atoms with Crippen molar-refractivity contribution >= 4 is 23.4 Å². The van der Waals surface area contributed by atoms with Crippen molar-refractivity contribution in [2.75, 3.05) is 25.0 Å². The summed E-state index contributed by atoms with van der Waals surface area (Å²) in [6.45, 7) is 2.02. The van der Waals surface area contributed by atoms with Gasteiger partial charge in [0.15, 0.2) is 0 Å². The fourth-order valence-corrected chi connectivity index (χ4v) is 3.62. The Bertz CT molecular complexity index is 961. The van der Waals surface area contributed by atoms with Crippen molar-refractivity contribution < 1.29 is 27.9 Å². The van der Waals surface area contributed by atoms with Gasteiger partial charge in [0, 0.05) is 18.4 Å². The zero-order valence-electron chi connectivity index (χ0n) is 18.4. The van der Waals surface area contributed by atoms with Gasteiger partial charge in [-0.3, -0.25) is 19.3 Å². The van der Waals surface area contributed by atoms with Crippen LogP contribution in [0.3, 0.4) is 0 Å². The lowest BCUT2D eigenvalue weighted by atomic mass is 10.1. The third kappa shape index (κ3) is 7.35. The summed E-state index contributed by atoms with van der Waals surface area (Å²) in [7, 11) is 0. The number of para-hydroxylation sites is 1. The third-order valence-corrected chi connectivity index (χ3v) is 5.23. The van der Waals surface area contributed by atoms with E-state index in [0.717, 1.165) is 35.6 Å². The van der Waals surface area contributed by atoms with E-state index < -0.39 is 35.4 Å². The Morgan fingerprint density at radius 3 is 2.45 bits per heavy atom. The van der Waals surface area contributed by atoms with Gasteiger partial charge in [-0.25, -0.2) is 8.78 Å². The van der Waals surface area contributed by atoms with E-state index in [1.54, 1.807) is 12.1 Å². The van der Waals surface area contributed by atoms with E-state index in [1.807, 2.05) is 18.2 Å². The largest absolute Gasteiger partial charge is 0.376 e. The Morgan fingerprint density at radius 2 is 1.82 bits per heavy atom. The molecular weight excluding hydrogens is 432 g/mol. The second kappa shape index (κ2) is 11.5. The second-order valence-corrected chi connectivity index (χ2v) is 7.94. The molecule has 0 aromatic heterocycles. The lowest BCUT2D eigenvalue weighted by Crippen LogP contribution is -2.52. The number of ether oxygens (including phenoxy) is 1. The molecular formula is C24H27F2N3O4. The van der Waals surface area contributed by atoms with E-state index in [1.165, 1.54) is 6.92 Å². The molecule has 0 saturated carbocycles. The molecule has 0 radical (unpaired) electrons. The summed E-state index contributed by atoms with van der Waals surface area (Å²) < 4.78 is 32.3. The van der Waals surface area contributed by atoms with Crippen LogP contribution >= 0.6 is 0 Å². The minimum Gasteiger partial charge on any atom is -0.376 e. The highest BCUT2D eigenvalue weighted by Crippen LogP contribution is 2.15. The van der Waals surface area contributed by atoms with Gasteiger partial charge in [0.25, 0.3) is 5.91 Å². The Morgan fingerprint density at radius 1 is 1.12 bits per heavy atom. The molecule has 2 N–H and O–H groups in total. The maximum atomic E-state index is 13.4. The first kappa shape index (κ1) is 24.3. The van der Waals surface area contributed by atoms with Crippen molar-refractivity contribution in [1.82, 2.24) is 10.2 Å². The molecule has 7 nitrogen and oxygen atoms in total. The number of nitrogens with zero attached hydrogens (tertiary/aromatic N) is 1. The predicted octanol–water partition coefficient (Wildman–Crippen LogP) is 2.66. The predicted molar refractivity (Wildman–Crippen MR) is 118 cm³/mol. The molecule has 0 aliphatic carbocycles. The molecule has 1 aliphatic rings. The van der Waals surface area contributed by atoms with E-state index in [4.69, 9.17) is 4.74 Å². The van der Waals surface area contributed by atoms with Crippen molar-refractivity contribution in [2.24, 2.45) is 0 Å². The Kier molecular flexibility index (Phi) is 8.48. The minimum absolute atomic E-state index is 0.0868.